The van der Waals surface area contributed by atoms with Gasteiger partial charge in [0.2, 0.25) is 0 Å². The SMILES string of the molecule is CCCn1c(Sc2ccccc2C(C)NCC)n[nH]c1=O. The second kappa shape index (κ2) is 7.47. The molecule has 114 valence electrons. The number of H-pyrrole nitrogens is 1. The molecule has 0 spiro atoms. The summed E-state index contributed by atoms with van der Waals surface area (Å²) in [5, 5.41) is 10.8. The molecule has 0 aliphatic heterocycles. The molecule has 0 aliphatic rings. The molecule has 0 aliphatic carbocycles. The maximum Gasteiger partial charge on any atom is 0.343 e. The van der Waals surface area contributed by atoms with Crippen molar-refractivity contribution in [3.05, 3.63) is 40.3 Å². The molecule has 1 atom stereocenters. The van der Waals surface area contributed by atoms with E-state index in [1.165, 1.54) is 17.3 Å². The van der Waals surface area contributed by atoms with Crippen LogP contribution < -0.4 is 11.0 Å². The molecule has 1 aromatic heterocycles. The van der Waals surface area contributed by atoms with Crippen molar-refractivity contribution in [2.24, 2.45) is 0 Å². The van der Waals surface area contributed by atoms with Gasteiger partial charge >= 0.3 is 5.69 Å². The van der Waals surface area contributed by atoms with Gasteiger partial charge in [-0.2, -0.15) is 0 Å². The fourth-order valence-corrected chi connectivity index (χ4v) is 3.33. The van der Waals surface area contributed by atoms with Crippen molar-refractivity contribution < 1.29 is 0 Å². The Bertz CT molecular complexity index is 635. The zero-order valence-corrected chi connectivity index (χ0v) is 13.5. The maximum atomic E-state index is 11.8. The monoisotopic (exact) mass is 306 g/mol. The highest BCUT2D eigenvalue weighted by molar-refractivity contribution is 7.99. The van der Waals surface area contributed by atoms with Gasteiger partial charge < -0.3 is 5.32 Å². The van der Waals surface area contributed by atoms with Crippen molar-refractivity contribution in [3.63, 3.8) is 0 Å². The minimum atomic E-state index is -0.142. The number of aromatic nitrogens is 3. The van der Waals surface area contributed by atoms with Gasteiger partial charge in [-0.15, -0.1) is 5.10 Å². The summed E-state index contributed by atoms with van der Waals surface area (Å²) in [6, 6.07) is 8.51. The molecule has 0 fully saturated rings. The predicted octanol–water partition coefficient (Wildman–Crippen LogP) is 2.80. The number of nitrogens with one attached hydrogen (secondary N) is 2. The van der Waals surface area contributed by atoms with E-state index in [0.29, 0.717) is 6.54 Å². The predicted molar refractivity (Wildman–Crippen MR) is 85.8 cm³/mol. The Balaban J connectivity index is 2.30. The fourth-order valence-electron chi connectivity index (χ4n) is 2.25. The summed E-state index contributed by atoms with van der Waals surface area (Å²) in [5.41, 5.74) is 1.08. The summed E-state index contributed by atoms with van der Waals surface area (Å²) in [6.07, 6.45) is 0.905. The van der Waals surface area contributed by atoms with Crippen LogP contribution in [0.25, 0.3) is 0 Å². The molecule has 0 amide bonds. The molecule has 21 heavy (non-hydrogen) atoms. The minimum absolute atomic E-state index is 0.142. The fraction of sp³-hybridized carbons (Fsp3) is 0.467. The van der Waals surface area contributed by atoms with E-state index in [9.17, 15) is 4.79 Å². The van der Waals surface area contributed by atoms with Crippen LogP contribution in [0.15, 0.2) is 39.1 Å². The van der Waals surface area contributed by atoms with Crippen molar-refractivity contribution >= 4 is 11.8 Å². The first-order valence-electron chi connectivity index (χ1n) is 7.32. The number of aromatic amines is 1. The van der Waals surface area contributed by atoms with Gasteiger partial charge in [-0.1, -0.05) is 32.0 Å². The van der Waals surface area contributed by atoms with E-state index < -0.39 is 0 Å². The Morgan fingerprint density at radius 1 is 1.38 bits per heavy atom. The third-order valence-electron chi connectivity index (χ3n) is 3.27. The first-order valence-corrected chi connectivity index (χ1v) is 8.14. The van der Waals surface area contributed by atoms with E-state index in [2.05, 4.69) is 48.4 Å². The first-order chi connectivity index (χ1) is 10.2. The number of hydrogen-bond donors (Lipinski definition) is 2. The van der Waals surface area contributed by atoms with Crippen LogP contribution in [-0.2, 0) is 6.54 Å². The molecule has 1 unspecified atom stereocenters. The number of rotatable bonds is 7. The molecule has 0 saturated carbocycles. The highest BCUT2D eigenvalue weighted by Gasteiger charge is 2.14. The maximum absolute atomic E-state index is 11.8. The Kier molecular flexibility index (Phi) is 5.64. The molecular weight excluding hydrogens is 284 g/mol. The molecular formula is C15H22N4OS. The van der Waals surface area contributed by atoms with E-state index in [1.807, 2.05) is 12.1 Å². The Morgan fingerprint density at radius 3 is 2.86 bits per heavy atom. The van der Waals surface area contributed by atoms with Crippen LogP contribution in [0.5, 0.6) is 0 Å². The molecule has 2 N–H and O–H groups in total. The highest BCUT2D eigenvalue weighted by atomic mass is 32.2. The van der Waals surface area contributed by atoms with E-state index in [1.54, 1.807) is 4.57 Å². The second-order valence-corrected chi connectivity index (χ2v) is 5.89. The number of nitrogens with zero attached hydrogens (tertiary/aromatic N) is 2. The molecule has 0 radical (unpaired) electrons. The van der Waals surface area contributed by atoms with E-state index >= 15 is 0 Å². The number of benzene rings is 1. The number of hydrogen-bond acceptors (Lipinski definition) is 4. The smallest absolute Gasteiger partial charge is 0.310 e. The average molecular weight is 306 g/mol. The lowest BCUT2D eigenvalue weighted by Crippen LogP contribution is -2.19. The van der Waals surface area contributed by atoms with Gasteiger partial charge in [0.05, 0.1) is 0 Å². The molecule has 6 heteroatoms. The molecule has 2 aromatic rings. The molecule has 0 bridgehead atoms. The van der Waals surface area contributed by atoms with Crippen LogP contribution in [0.3, 0.4) is 0 Å². The summed E-state index contributed by atoms with van der Waals surface area (Å²) < 4.78 is 1.69. The first kappa shape index (κ1) is 15.9. The lowest BCUT2D eigenvalue weighted by Gasteiger charge is -2.16. The molecule has 0 saturated heterocycles. The third-order valence-corrected chi connectivity index (χ3v) is 4.35. The summed E-state index contributed by atoms with van der Waals surface area (Å²) in [6.45, 7) is 7.90. The van der Waals surface area contributed by atoms with Gasteiger partial charge in [0, 0.05) is 17.5 Å². The van der Waals surface area contributed by atoms with Crippen LogP contribution >= 0.6 is 11.8 Å². The standard InChI is InChI=1S/C15H22N4OS/c1-4-10-19-14(20)17-18-15(19)21-13-9-7-6-8-12(13)11(3)16-5-2/h6-9,11,16H,4-5,10H2,1-3H3,(H,17,20). The van der Waals surface area contributed by atoms with Crippen molar-refractivity contribution in [2.75, 3.05) is 6.54 Å². The summed E-state index contributed by atoms with van der Waals surface area (Å²) in [5.74, 6) is 0. The third kappa shape index (κ3) is 3.77. The summed E-state index contributed by atoms with van der Waals surface area (Å²) in [4.78, 5) is 12.9. The van der Waals surface area contributed by atoms with Crippen molar-refractivity contribution in [1.29, 1.82) is 0 Å². The normalized spacial score (nSPS) is 12.5. The summed E-state index contributed by atoms with van der Waals surface area (Å²) >= 11 is 1.54. The largest absolute Gasteiger partial charge is 0.343 e. The van der Waals surface area contributed by atoms with Gasteiger partial charge in [0.25, 0.3) is 0 Å². The van der Waals surface area contributed by atoms with Crippen LogP contribution in [-0.4, -0.2) is 21.3 Å². The highest BCUT2D eigenvalue weighted by Crippen LogP contribution is 2.31. The lowest BCUT2D eigenvalue weighted by atomic mass is 10.1. The van der Waals surface area contributed by atoms with Gasteiger partial charge in [0.15, 0.2) is 5.16 Å². The topological polar surface area (TPSA) is 62.7 Å². The minimum Gasteiger partial charge on any atom is -0.310 e. The molecule has 2 rings (SSSR count). The Morgan fingerprint density at radius 2 is 2.14 bits per heavy atom. The van der Waals surface area contributed by atoms with Crippen molar-refractivity contribution in [3.8, 4) is 0 Å². The Hall–Kier alpha value is -1.53. The van der Waals surface area contributed by atoms with Gasteiger partial charge in [-0.3, -0.25) is 4.57 Å². The molecule has 5 nitrogen and oxygen atoms in total. The average Bonchev–Trinajstić information content (AvgIpc) is 2.81. The zero-order chi connectivity index (χ0) is 15.2. The Labute approximate surface area is 129 Å². The van der Waals surface area contributed by atoms with E-state index in [-0.39, 0.29) is 11.7 Å². The quantitative estimate of drug-likeness (QED) is 0.825. The molecule has 1 heterocycles. The van der Waals surface area contributed by atoms with E-state index in [4.69, 9.17) is 0 Å². The van der Waals surface area contributed by atoms with Crippen LogP contribution in [0, 0.1) is 0 Å². The van der Waals surface area contributed by atoms with E-state index in [0.717, 1.165) is 23.0 Å². The zero-order valence-electron chi connectivity index (χ0n) is 12.7. The van der Waals surface area contributed by atoms with Gasteiger partial charge in [-0.25, -0.2) is 9.89 Å². The van der Waals surface area contributed by atoms with Gasteiger partial charge in [0.1, 0.15) is 0 Å². The van der Waals surface area contributed by atoms with Crippen LogP contribution in [0.4, 0.5) is 0 Å². The van der Waals surface area contributed by atoms with Gasteiger partial charge in [-0.05, 0) is 43.3 Å². The summed E-state index contributed by atoms with van der Waals surface area (Å²) in [7, 11) is 0. The lowest BCUT2D eigenvalue weighted by molar-refractivity contribution is 0.588. The second-order valence-electron chi connectivity index (χ2n) is 4.88. The van der Waals surface area contributed by atoms with Crippen LogP contribution in [0.2, 0.25) is 0 Å². The van der Waals surface area contributed by atoms with Crippen molar-refractivity contribution in [1.82, 2.24) is 20.1 Å². The van der Waals surface area contributed by atoms with Crippen molar-refractivity contribution in [2.45, 2.75) is 49.8 Å². The molecule has 1 aromatic carbocycles. The van der Waals surface area contributed by atoms with Crippen LogP contribution in [0.1, 0.15) is 38.8 Å².